The molecule has 1 aliphatic heterocycles. The minimum atomic E-state index is -0.289. The summed E-state index contributed by atoms with van der Waals surface area (Å²) in [6, 6.07) is 9.84. The molecule has 2 heterocycles. The summed E-state index contributed by atoms with van der Waals surface area (Å²) in [5, 5.41) is 1.88. The monoisotopic (exact) mass is 361 g/mol. The van der Waals surface area contributed by atoms with E-state index in [4.69, 9.17) is 4.74 Å². The Labute approximate surface area is 150 Å². The van der Waals surface area contributed by atoms with Crippen molar-refractivity contribution in [2.24, 2.45) is 0 Å². The van der Waals surface area contributed by atoms with Crippen LogP contribution in [0.2, 0.25) is 0 Å². The molecule has 1 atom stereocenters. The molecule has 4 nitrogen and oxygen atoms in total. The van der Waals surface area contributed by atoms with Crippen LogP contribution >= 0.6 is 11.3 Å². The van der Waals surface area contributed by atoms with E-state index in [2.05, 4.69) is 0 Å². The van der Waals surface area contributed by atoms with Crippen molar-refractivity contribution < 1.29 is 18.7 Å². The third kappa shape index (κ3) is 4.74. The number of hydrogen-bond acceptors (Lipinski definition) is 4. The summed E-state index contributed by atoms with van der Waals surface area (Å²) >= 11 is 1.43. The van der Waals surface area contributed by atoms with Gasteiger partial charge in [0, 0.05) is 19.4 Å². The number of carbonyl (C=O) groups excluding carboxylic acids is 2. The zero-order chi connectivity index (χ0) is 17.6. The molecule has 1 saturated heterocycles. The summed E-state index contributed by atoms with van der Waals surface area (Å²) < 4.78 is 18.7. The Hall–Kier alpha value is -2.05. The minimum Gasteiger partial charge on any atom is -0.370 e. The number of amides is 1. The average molecular weight is 361 g/mol. The van der Waals surface area contributed by atoms with Crippen LogP contribution in [0.25, 0.3) is 0 Å². The predicted octanol–water partition coefficient (Wildman–Crippen LogP) is 3.84. The van der Waals surface area contributed by atoms with Crippen molar-refractivity contribution in [1.29, 1.82) is 0 Å². The van der Waals surface area contributed by atoms with Crippen LogP contribution in [-0.4, -0.2) is 36.3 Å². The second-order valence-corrected chi connectivity index (χ2v) is 6.95. The molecule has 1 aromatic carbocycles. The quantitative estimate of drug-likeness (QED) is 0.735. The summed E-state index contributed by atoms with van der Waals surface area (Å²) in [6.45, 7) is 1.47. The smallest absolute Gasteiger partial charge is 0.222 e. The maximum absolute atomic E-state index is 13.0. The summed E-state index contributed by atoms with van der Waals surface area (Å²) in [7, 11) is 0. The van der Waals surface area contributed by atoms with Crippen LogP contribution in [0.5, 0.6) is 0 Å². The molecule has 0 spiro atoms. The van der Waals surface area contributed by atoms with E-state index in [0.717, 1.165) is 10.4 Å². The van der Waals surface area contributed by atoms with Crippen molar-refractivity contribution in [2.45, 2.75) is 25.4 Å². The van der Waals surface area contributed by atoms with Gasteiger partial charge in [0.15, 0.2) is 5.78 Å². The molecule has 6 heteroatoms. The first-order valence-corrected chi connectivity index (χ1v) is 9.23. The van der Waals surface area contributed by atoms with Crippen LogP contribution in [0.4, 0.5) is 4.39 Å². The van der Waals surface area contributed by atoms with E-state index in [-0.39, 0.29) is 23.6 Å². The van der Waals surface area contributed by atoms with Gasteiger partial charge in [0.1, 0.15) is 11.9 Å². The second kappa shape index (κ2) is 8.36. The number of carbonyl (C=O) groups is 2. The van der Waals surface area contributed by atoms with Gasteiger partial charge in [0.25, 0.3) is 0 Å². The van der Waals surface area contributed by atoms with Gasteiger partial charge >= 0.3 is 0 Å². The highest BCUT2D eigenvalue weighted by Gasteiger charge is 2.25. The molecule has 0 bridgehead atoms. The third-order valence-electron chi connectivity index (χ3n) is 4.25. The van der Waals surface area contributed by atoms with Crippen LogP contribution < -0.4 is 0 Å². The van der Waals surface area contributed by atoms with Crippen LogP contribution in [0.3, 0.4) is 0 Å². The Morgan fingerprint density at radius 1 is 1.20 bits per heavy atom. The molecule has 0 unspecified atom stereocenters. The molecular weight excluding hydrogens is 341 g/mol. The molecule has 132 valence electrons. The minimum absolute atomic E-state index is 0.0365. The van der Waals surface area contributed by atoms with Gasteiger partial charge in [-0.3, -0.25) is 9.59 Å². The fourth-order valence-electron chi connectivity index (χ4n) is 2.87. The van der Waals surface area contributed by atoms with Crippen LogP contribution in [0, 0.1) is 5.82 Å². The molecule has 1 aliphatic rings. The normalized spacial score (nSPS) is 17.5. The molecular formula is C19H20FNO3S. The van der Waals surface area contributed by atoms with Crippen molar-refractivity contribution in [3.63, 3.8) is 0 Å². The second-order valence-electron chi connectivity index (χ2n) is 6.00. The largest absolute Gasteiger partial charge is 0.370 e. The van der Waals surface area contributed by atoms with Gasteiger partial charge in [-0.25, -0.2) is 4.39 Å². The predicted molar refractivity (Wildman–Crippen MR) is 94.2 cm³/mol. The lowest BCUT2D eigenvalue weighted by molar-refractivity contribution is -0.139. The summed E-state index contributed by atoms with van der Waals surface area (Å²) in [6.07, 6.45) is 1.06. The van der Waals surface area contributed by atoms with Crippen LogP contribution in [-0.2, 0) is 9.53 Å². The van der Waals surface area contributed by atoms with E-state index in [1.807, 2.05) is 17.5 Å². The number of benzene rings is 1. The lowest BCUT2D eigenvalue weighted by atomic mass is 10.1. The fraction of sp³-hybridized carbons (Fsp3) is 0.368. The average Bonchev–Trinajstić information content (AvgIpc) is 3.17. The van der Waals surface area contributed by atoms with Gasteiger partial charge in [-0.05, 0) is 35.6 Å². The molecule has 0 radical (unpaired) electrons. The van der Waals surface area contributed by atoms with Crippen molar-refractivity contribution in [3.05, 3.63) is 58.0 Å². The number of thiophene rings is 1. The number of halogens is 1. The van der Waals surface area contributed by atoms with Gasteiger partial charge < -0.3 is 9.64 Å². The molecule has 0 N–H and O–H groups in total. The molecule has 25 heavy (non-hydrogen) atoms. The molecule has 3 rings (SSSR count). The van der Waals surface area contributed by atoms with E-state index in [9.17, 15) is 14.0 Å². The van der Waals surface area contributed by atoms with Crippen molar-refractivity contribution >= 4 is 23.0 Å². The van der Waals surface area contributed by atoms with Gasteiger partial charge in [-0.15, -0.1) is 11.3 Å². The Bertz CT molecular complexity index is 715. The highest BCUT2D eigenvalue weighted by Crippen LogP contribution is 2.23. The number of rotatable bonds is 6. The standard InChI is InChI=1S/C19H20FNO3S/c20-15-8-6-14(7-9-15)17-13-21(10-11-24-17)19(23)5-1-3-16(22)18-4-2-12-25-18/h2,4,6-9,12,17H,1,3,5,10-11,13H2/t17-/m1/s1. The first-order valence-electron chi connectivity index (χ1n) is 8.35. The van der Waals surface area contributed by atoms with Gasteiger partial charge in [-0.2, -0.15) is 0 Å². The summed E-state index contributed by atoms with van der Waals surface area (Å²) in [4.78, 5) is 26.9. The molecule has 1 amide bonds. The lowest BCUT2D eigenvalue weighted by Gasteiger charge is -2.33. The van der Waals surface area contributed by atoms with E-state index < -0.39 is 0 Å². The van der Waals surface area contributed by atoms with Crippen LogP contribution in [0.15, 0.2) is 41.8 Å². The van der Waals surface area contributed by atoms with Gasteiger partial charge in [-0.1, -0.05) is 18.2 Å². The highest BCUT2D eigenvalue weighted by molar-refractivity contribution is 7.12. The van der Waals surface area contributed by atoms with Crippen molar-refractivity contribution in [3.8, 4) is 0 Å². The van der Waals surface area contributed by atoms with Crippen molar-refractivity contribution in [2.75, 3.05) is 19.7 Å². The SMILES string of the molecule is O=C(CCCC(=O)N1CCO[C@@H](c2ccc(F)cc2)C1)c1cccs1. The molecule has 2 aromatic rings. The van der Waals surface area contributed by atoms with E-state index in [0.29, 0.717) is 39.0 Å². The highest BCUT2D eigenvalue weighted by atomic mass is 32.1. The van der Waals surface area contributed by atoms with Gasteiger partial charge in [0.05, 0.1) is 18.0 Å². The van der Waals surface area contributed by atoms with Crippen LogP contribution in [0.1, 0.15) is 40.6 Å². The molecule has 1 aromatic heterocycles. The third-order valence-corrected chi connectivity index (χ3v) is 5.16. The van der Waals surface area contributed by atoms with E-state index >= 15 is 0 Å². The zero-order valence-electron chi connectivity index (χ0n) is 13.8. The van der Waals surface area contributed by atoms with E-state index in [1.54, 1.807) is 17.0 Å². The molecule has 0 aliphatic carbocycles. The summed E-state index contributed by atoms with van der Waals surface area (Å²) in [5.41, 5.74) is 0.867. The van der Waals surface area contributed by atoms with E-state index in [1.165, 1.54) is 23.5 Å². The Morgan fingerprint density at radius 2 is 2.00 bits per heavy atom. The van der Waals surface area contributed by atoms with Gasteiger partial charge in [0.2, 0.25) is 5.91 Å². The zero-order valence-corrected chi connectivity index (χ0v) is 14.6. The number of Topliss-reactive ketones (excluding diaryl/α,β-unsaturated/α-hetero) is 1. The fourth-order valence-corrected chi connectivity index (χ4v) is 3.57. The lowest BCUT2D eigenvalue weighted by Crippen LogP contribution is -2.42. The topological polar surface area (TPSA) is 46.6 Å². The number of ether oxygens (including phenoxy) is 1. The number of morpholine rings is 1. The van der Waals surface area contributed by atoms with Crippen molar-refractivity contribution in [1.82, 2.24) is 4.90 Å². The number of nitrogens with zero attached hydrogens (tertiary/aromatic N) is 1. The Kier molecular flexibility index (Phi) is 5.94. The molecule has 0 saturated carbocycles. The number of hydrogen-bond donors (Lipinski definition) is 0. The summed E-state index contributed by atoms with van der Waals surface area (Å²) in [5.74, 6) is -0.161. The number of ketones is 1. The first kappa shape index (κ1) is 17.8. The Balaban J connectivity index is 1.48. The maximum Gasteiger partial charge on any atom is 0.222 e. The Morgan fingerprint density at radius 3 is 2.72 bits per heavy atom. The maximum atomic E-state index is 13.0. The first-order chi connectivity index (χ1) is 12.1. The molecule has 1 fully saturated rings.